The van der Waals surface area contributed by atoms with Crippen molar-refractivity contribution in [2.24, 2.45) is 0 Å². The number of hydrogen-bond donors (Lipinski definition) is 0. The van der Waals surface area contributed by atoms with E-state index >= 15 is 0 Å². The molecule has 1 aromatic heterocycles. The fraction of sp³-hybridized carbons (Fsp3) is 0.548. The zero-order valence-electron chi connectivity index (χ0n) is 23.7. The van der Waals surface area contributed by atoms with Gasteiger partial charge in [-0.05, 0) is 30.0 Å². The summed E-state index contributed by atoms with van der Waals surface area (Å²) in [5, 5.41) is 9.49. The van der Waals surface area contributed by atoms with Crippen LogP contribution in [0.3, 0.4) is 0 Å². The minimum Gasteiger partial charge on any atom is -0.462 e. The van der Waals surface area contributed by atoms with E-state index in [0.29, 0.717) is 38.3 Å². The smallest absolute Gasteiger partial charge is 0.318 e. The third kappa shape index (κ3) is 6.08. The first kappa shape index (κ1) is 27.6. The van der Waals surface area contributed by atoms with Gasteiger partial charge in [-0.25, -0.2) is 0 Å². The van der Waals surface area contributed by atoms with Gasteiger partial charge in [0, 0.05) is 70.4 Å². The van der Waals surface area contributed by atoms with Gasteiger partial charge in [0.2, 0.25) is 5.91 Å². The molecule has 2 saturated heterocycles. The van der Waals surface area contributed by atoms with Crippen LogP contribution in [0.1, 0.15) is 35.2 Å². The molecule has 1 aromatic carbocycles. The number of benzene rings is 1. The molecule has 1 aliphatic carbocycles. The molecule has 0 bridgehead atoms. The van der Waals surface area contributed by atoms with Crippen LogP contribution in [0.5, 0.6) is 6.01 Å². The highest BCUT2D eigenvalue weighted by Crippen LogP contribution is 2.35. The Bertz CT molecular complexity index is 1280. The lowest BCUT2D eigenvalue weighted by molar-refractivity contribution is -0.128. The zero-order chi connectivity index (χ0) is 28.2. The molecule has 2 atom stereocenters. The van der Waals surface area contributed by atoms with E-state index in [1.165, 1.54) is 22.8 Å². The summed E-state index contributed by atoms with van der Waals surface area (Å²) in [6.07, 6.45) is 4.40. The molecule has 3 aliphatic heterocycles. The van der Waals surface area contributed by atoms with Crippen LogP contribution in [0.25, 0.3) is 0 Å². The molecule has 1 amide bonds. The quantitative estimate of drug-likeness (QED) is 0.453. The first-order valence-electron chi connectivity index (χ1n) is 14.8. The van der Waals surface area contributed by atoms with Crippen molar-refractivity contribution in [2.45, 2.75) is 50.9 Å². The molecule has 10 heteroatoms. The Labute approximate surface area is 242 Å². The molecule has 0 saturated carbocycles. The highest BCUT2D eigenvalue weighted by molar-refractivity contribution is 5.87. The predicted octanol–water partition coefficient (Wildman–Crippen LogP) is 2.18. The van der Waals surface area contributed by atoms with Gasteiger partial charge in [0.1, 0.15) is 12.4 Å². The lowest BCUT2D eigenvalue weighted by Crippen LogP contribution is -2.55. The summed E-state index contributed by atoms with van der Waals surface area (Å²) < 4.78 is 11.7. The Morgan fingerprint density at radius 1 is 1.15 bits per heavy atom. The number of aromatic nitrogens is 2. The average Bonchev–Trinajstić information content (AvgIpc) is 3.45. The van der Waals surface area contributed by atoms with E-state index in [2.05, 4.69) is 51.6 Å². The van der Waals surface area contributed by atoms with Crippen molar-refractivity contribution in [3.05, 3.63) is 59.3 Å². The second kappa shape index (κ2) is 12.6. The van der Waals surface area contributed by atoms with E-state index in [1.54, 1.807) is 4.90 Å². The SMILES string of the molecule is C=CC(=O)N1CCN(c2nc(OCCN3CCOCC3)nc3c2CCC(N2Cc4ccccc4C2)C3)CC1CC#N. The Hall–Kier alpha value is -3.52. The Kier molecular flexibility index (Phi) is 8.46. The Balaban J connectivity index is 1.23. The van der Waals surface area contributed by atoms with E-state index in [-0.39, 0.29) is 18.4 Å². The second-order valence-corrected chi connectivity index (χ2v) is 11.3. The van der Waals surface area contributed by atoms with Crippen LogP contribution in [0.4, 0.5) is 5.82 Å². The standard InChI is InChI=1S/C31H39N7O3/c1-2-29(39)38-12-11-36(22-26(38)9-10-32)30-27-8-7-25(37-20-23-5-3-4-6-24(23)21-37)19-28(27)33-31(34-30)41-18-15-35-13-16-40-17-14-35/h2-6,25-26H,1,7-9,11-22H2. The molecule has 4 heterocycles. The van der Waals surface area contributed by atoms with Crippen LogP contribution >= 0.6 is 0 Å². The number of rotatable bonds is 8. The number of anilines is 1. The number of hydrogen-bond acceptors (Lipinski definition) is 9. The number of piperazine rings is 1. The van der Waals surface area contributed by atoms with E-state index in [0.717, 1.165) is 76.7 Å². The van der Waals surface area contributed by atoms with E-state index in [9.17, 15) is 10.1 Å². The third-order valence-corrected chi connectivity index (χ3v) is 8.90. The van der Waals surface area contributed by atoms with Crippen molar-refractivity contribution in [3.63, 3.8) is 0 Å². The fourth-order valence-electron chi connectivity index (χ4n) is 6.64. The summed E-state index contributed by atoms with van der Waals surface area (Å²) in [4.78, 5) is 31.3. The molecule has 10 nitrogen and oxygen atoms in total. The van der Waals surface area contributed by atoms with Gasteiger partial charge in [0.15, 0.2) is 0 Å². The number of fused-ring (bicyclic) bond motifs is 2. The van der Waals surface area contributed by atoms with Gasteiger partial charge < -0.3 is 19.3 Å². The van der Waals surface area contributed by atoms with Crippen molar-refractivity contribution in [3.8, 4) is 12.1 Å². The summed E-state index contributed by atoms with van der Waals surface area (Å²) in [5.41, 5.74) is 5.08. The Morgan fingerprint density at radius 3 is 2.66 bits per heavy atom. The first-order chi connectivity index (χ1) is 20.1. The van der Waals surface area contributed by atoms with Crippen LogP contribution in [-0.2, 0) is 35.5 Å². The summed E-state index contributed by atoms with van der Waals surface area (Å²) in [7, 11) is 0. The molecule has 0 spiro atoms. The molecule has 0 radical (unpaired) electrons. The zero-order valence-corrected chi connectivity index (χ0v) is 23.7. The van der Waals surface area contributed by atoms with Gasteiger partial charge in [0.05, 0.1) is 37.4 Å². The van der Waals surface area contributed by atoms with Gasteiger partial charge in [-0.3, -0.25) is 14.6 Å². The van der Waals surface area contributed by atoms with Crippen molar-refractivity contribution in [2.75, 3.05) is 64.0 Å². The van der Waals surface area contributed by atoms with Crippen molar-refractivity contribution in [1.82, 2.24) is 24.7 Å². The van der Waals surface area contributed by atoms with Gasteiger partial charge in [0.25, 0.3) is 0 Å². The summed E-state index contributed by atoms with van der Waals surface area (Å²) in [6.45, 7) is 12.0. The molecule has 2 unspecified atom stereocenters. The highest BCUT2D eigenvalue weighted by atomic mass is 16.5. The molecule has 2 fully saturated rings. The highest BCUT2D eigenvalue weighted by Gasteiger charge is 2.35. The number of morpholine rings is 1. The second-order valence-electron chi connectivity index (χ2n) is 11.3. The van der Waals surface area contributed by atoms with Crippen LogP contribution in [0.15, 0.2) is 36.9 Å². The summed E-state index contributed by atoms with van der Waals surface area (Å²) in [5.74, 6) is 0.768. The largest absolute Gasteiger partial charge is 0.462 e. The molecular weight excluding hydrogens is 518 g/mol. The third-order valence-electron chi connectivity index (χ3n) is 8.90. The van der Waals surface area contributed by atoms with E-state index in [4.69, 9.17) is 19.4 Å². The number of ether oxygens (including phenoxy) is 2. The maximum Gasteiger partial charge on any atom is 0.318 e. The van der Waals surface area contributed by atoms with Crippen molar-refractivity contribution >= 4 is 11.7 Å². The number of nitrogens with zero attached hydrogens (tertiary/aromatic N) is 7. The lowest BCUT2D eigenvalue weighted by atomic mass is 9.90. The summed E-state index contributed by atoms with van der Waals surface area (Å²) in [6, 6.07) is 11.6. The first-order valence-corrected chi connectivity index (χ1v) is 14.8. The van der Waals surface area contributed by atoms with E-state index in [1.807, 2.05) is 0 Å². The molecule has 4 aliphatic rings. The molecule has 41 heavy (non-hydrogen) atoms. The van der Waals surface area contributed by atoms with Gasteiger partial charge >= 0.3 is 6.01 Å². The Morgan fingerprint density at radius 2 is 1.93 bits per heavy atom. The molecule has 2 aromatic rings. The minimum absolute atomic E-state index is 0.129. The molecule has 216 valence electrons. The molecule has 0 N–H and O–H groups in total. The normalized spacial score (nSPS) is 23.0. The molecule has 6 rings (SSSR count). The predicted molar refractivity (Wildman–Crippen MR) is 154 cm³/mol. The van der Waals surface area contributed by atoms with Crippen LogP contribution in [0, 0.1) is 11.3 Å². The van der Waals surface area contributed by atoms with Crippen LogP contribution in [0.2, 0.25) is 0 Å². The maximum atomic E-state index is 12.5. The number of carbonyl (C=O) groups is 1. The van der Waals surface area contributed by atoms with Gasteiger partial charge in [-0.1, -0.05) is 30.8 Å². The average molecular weight is 558 g/mol. The topological polar surface area (TPSA) is 98.1 Å². The van der Waals surface area contributed by atoms with Crippen molar-refractivity contribution < 1.29 is 14.3 Å². The van der Waals surface area contributed by atoms with Gasteiger partial charge in [-0.2, -0.15) is 15.2 Å². The fourth-order valence-corrected chi connectivity index (χ4v) is 6.64. The molecular formula is C31H39N7O3. The van der Waals surface area contributed by atoms with Crippen LogP contribution < -0.4 is 9.64 Å². The number of carbonyl (C=O) groups excluding carboxylic acids is 1. The summed E-state index contributed by atoms with van der Waals surface area (Å²) >= 11 is 0. The number of amides is 1. The maximum absolute atomic E-state index is 12.5. The monoisotopic (exact) mass is 557 g/mol. The van der Waals surface area contributed by atoms with Crippen molar-refractivity contribution in [1.29, 1.82) is 5.26 Å². The van der Waals surface area contributed by atoms with E-state index < -0.39 is 0 Å². The van der Waals surface area contributed by atoms with Crippen LogP contribution in [-0.4, -0.2) is 102 Å². The minimum atomic E-state index is -0.213. The lowest BCUT2D eigenvalue weighted by Gasteiger charge is -2.42. The van der Waals surface area contributed by atoms with Gasteiger partial charge in [-0.15, -0.1) is 0 Å². The number of nitriles is 1.